The topological polar surface area (TPSA) is 62.5 Å². The zero-order valence-corrected chi connectivity index (χ0v) is 16.2. The van der Waals surface area contributed by atoms with Gasteiger partial charge in [-0.25, -0.2) is 0 Å². The smallest absolute Gasteiger partial charge is 0.263 e. The van der Waals surface area contributed by atoms with Crippen LogP contribution in [-0.4, -0.2) is 28.4 Å². The molecule has 0 aliphatic carbocycles. The number of amides is 1. The fraction of sp³-hybridized carbons (Fsp3) is 0.143. The average Bonchev–Trinajstić information content (AvgIpc) is 3.26. The fourth-order valence-electron chi connectivity index (χ4n) is 3.47. The molecule has 2 heterocycles. The summed E-state index contributed by atoms with van der Waals surface area (Å²) in [4.78, 5) is 26.9. The highest BCUT2D eigenvalue weighted by atomic mass is 79.9. The van der Waals surface area contributed by atoms with E-state index < -0.39 is 11.5 Å². The Morgan fingerprint density at radius 2 is 1.78 bits per heavy atom. The van der Waals surface area contributed by atoms with Gasteiger partial charge in [0.25, 0.3) is 5.91 Å². The van der Waals surface area contributed by atoms with Crippen LogP contribution in [-0.2, 0) is 10.4 Å². The maximum Gasteiger partial charge on any atom is 0.263 e. The van der Waals surface area contributed by atoms with Gasteiger partial charge in [-0.15, -0.1) is 0 Å². The number of nitrogens with zero attached hydrogens (tertiary/aromatic N) is 2. The van der Waals surface area contributed by atoms with Gasteiger partial charge in [0.1, 0.15) is 0 Å². The zero-order valence-electron chi connectivity index (χ0n) is 14.6. The van der Waals surface area contributed by atoms with Gasteiger partial charge in [-0.3, -0.25) is 9.59 Å². The number of benzene rings is 2. The standard InChI is InChI=1S/C21H17BrN2O3/c1-23-18-9-6-15(22)12-17(18)21(27,20(23)26)13-19(25)14-4-7-16(8-5-14)24-10-2-3-11-24/h2-12,27H,13H2,1H3. The van der Waals surface area contributed by atoms with Crippen molar-refractivity contribution < 1.29 is 14.7 Å². The predicted molar refractivity (Wildman–Crippen MR) is 106 cm³/mol. The van der Waals surface area contributed by atoms with Gasteiger partial charge in [-0.05, 0) is 54.6 Å². The maximum atomic E-state index is 12.8. The summed E-state index contributed by atoms with van der Waals surface area (Å²) in [5, 5.41) is 11.1. The Labute approximate surface area is 165 Å². The van der Waals surface area contributed by atoms with Gasteiger partial charge in [0.15, 0.2) is 11.4 Å². The molecule has 1 aliphatic heterocycles. The van der Waals surface area contributed by atoms with Crippen LogP contribution < -0.4 is 4.90 Å². The van der Waals surface area contributed by atoms with Crippen LogP contribution in [0.15, 0.2) is 71.5 Å². The molecule has 4 rings (SSSR count). The quantitative estimate of drug-likeness (QED) is 0.649. The first-order valence-electron chi connectivity index (χ1n) is 8.47. The third-order valence-corrected chi connectivity index (χ3v) is 5.43. The minimum Gasteiger partial charge on any atom is -0.375 e. The Hall–Kier alpha value is -2.70. The van der Waals surface area contributed by atoms with Crippen molar-refractivity contribution in [3.63, 3.8) is 0 Å². The second-order valence-electron chi connectivity index (χ2n) is 6.62. The molecule has 6 heteroatoms. The highest BCUT2D eigenvalue weighted by Gasteiger charge is 2.49. The van der Waals surface area contributed by atoms with Gasteiger partial charge in [0.2, 0.25) is 0 Å². The van der Waals surface area contributed by atoms with Crippen LogP contribution in [0.3, 0.4) is 0 Å². The van der Waals surface area contributed by atoms with E-state index in [-0.39, 0.29) is 12.2 Å². The number of aliphatic hydroxyl groups is 1. The van der Waals surface area contributed by atoms with E-state index in [4.69, 9.17) is 0 Å². The minimum absolute atomic E-state index is 0.286. The van der Waals surface area contributed by atoms with Crippen molar-refractivity contribution in [2.24, 2.45) is 0 Å². The summed E-state index contributed by atoms with van der Waals surface area (Å²) in [6.45, 7) is 0. The number of likely N-dealkylation sites (N-methyl/N-ethyl adjacent to an activating group) is 1. The summed E-state index contributed by atoms with van der Waals surface area (Å²) in [5.74, 6) is -0.779. The number of ketones is 1. The molecule has 136 valence electrons. The van der Waals surface area contributed by atoms with Crippen molar-refractivity contribution in [2.45, 2.75) is 12.0 Å². The number of anilines is 1. The predicted octanol–water partition coefficient (Wildman–Crippen LogP) is 3.68. The Bertz CT molecular complexity index is 1030. The number of aromatic nitrogens is 1. The number of fused-ring (bicyclic) bond motifs is 1. The van der Waals surface area contributed by atoms with Crippen molar-refractivity contribution >= 4 is 33.3 Å². The molecule has 1 aliphatic rings. The van der Waals surface area contributed by atoms with E-state index in [0.29, 0.717) is 16.8 Å². The lowest BCUT2D eigenvalue weighted by Gasteiger charge is -2.21. The Morgan fingerprint density at radius 1 is 1.11 bits per heavy atom. The van der Waals surface area contributed by atoms with Gasteiger partial charge in [-0.2, -0.15) is 0 Å². The largest absolute Gasteiger partial charge is 0.375 e. The number of carbonyl (C=O) groups is 2. The molecular weight excluding hydrogens is 408 g/mol. The van der Waals surface area contributed by atoms with Crippen LogP contribution in [0.4, 0.5) is 5.69 Å². The minimum atomic E-state index is -1.86. The number of halogens is 1. The molecule has 27 heavy (non-hydrogen) atoms. The highest BCUT2D eigenvalue weighted by molar-refractivity contribution is 9.10. The average molecular weight is 425 g/mol. The molecule has 0 saturated carbocycles. The Kier molecular flexibility index (Phi) is 4.25. The van der Waals surface area contributed by atoms with Gasteiger partial charge in [0, 0.05) is 40.7 Å². The van der Waals surface area contributed by atoms with E-state index in [9.17, 15) is 14.7 Å². The van der Waals surface area contributed by atoms with Crippen LogP contribution in [0.2, 0.25) is 0 Å². The highest BCUT2D eigenvalue weighted by Crippen LogP contribution is 2.43. The van der Waals surface area contributed by atoms with E-state index in [1.165, 1.54) is 4.90 Å². The van der Waals surface area contributed by atoms with Crippen LogP contribution in [0.1, 0.15) is 22.3 Å². The number of carbonyl (C=O) groups excluding carboxylic acids is 2. The molecule has 2 aromatic carbocycles. The first-order chi connectivity index (χ1) is 12.9. The fourth-order valence-corrected chi connectivity index (χ4v) is 3.83. The summed E-state index contributed by atoms with van der Waals surface area (Å²) >= 11 is 3.37. The molecule has 3 aromatic rings. The van der Waals surface area contributed by atoms with Gasteiger partial charge < -0.3 is 14.6 Å². The zero-order chi connectivity index (χ0) is 19.2. The lowest BCUT2D eigenvalue weighted by Crippen LogP contribution is -2.40. The third-order valence-electron chi connectivity index (χ3n) is 4.93. The second-order valence-corrected chi connectivity index (χ2v) is 7.54. The maximum absolute atomic E-state index is 12.8. The summed E-state index contributed by atoms with van der Waals surface area (Å²) in [5.41, 5.74) is 0.590. The van der Waals surface area contributed by atoms with E-state index in [1.807, 2.05) is 41.2 Å². The molecule has 0 fully saturated rings. The van der Waals surface area contributed by atoms with Crippen LogP contribution in [0.25, 0.3) is 5.69 Å². The molecule has 0 spiro atoms. The number of hydrogen-bond acceptors (Lipinski definition) is 3. The summed E-state index contributed by atoms with van der Waals surface area (Å²) in [6, 6.07) is 16.2. The molecule has 0 radical (unpaired) electrons. The lowest BCUT2D eigenvalue weighted by atomic mass is 9.88. The van der Waals surface area contributed by atoms with Crippen molar-refractivity contribution in [2.75, 3.05) is 11.9 Å². The SMILES string of the molecule is CN1C(=O)C(O)(CC(=O)c2ccc(-n3cccc3)cc2)c2cc(Br)ccc21. The summed E-state index contributed by atoms with van der Waals surface area (Å²) in [7, 11) is 1.60. The first-order valence-corrected chi connectivity index (χ1v) is 9.26. The molecule has 1 atom stereocenters. The number of rotatable bonds is 4. The van der Waals surface area contributed by atoms with E-state index in [2.05, 4.69) is 15.9 Å². The molecule has 1 aromatic heterocycles. The van der Waals surface area contributed by atoms with E-state index >= 15 is 0 Å². The van der Waals surface area contributed by atoms with Crippen LogP contribution in [0.5, 0.6) is 0 Å². The molecule has 0 saturated heterocycles. The Balaban J connectivity index is 1.63. The second kappa shape index (κ2) is 6.48. The van der Waals surface area contributed by atoms with Gasteiger partial charge >= 0.3 is 0 Å². The monoisotopic (exact) mass is 424 g/mol. The summed E-state index contributed by atoms with van der Waals surface area (Å²) < 4.78 is 2.68. The molecule has 1 amide bonds. The van der Waals surface area contributed by atoms with Crippen LogP contribution >= 0.6 is 15.9 Å². The van der Waals surface area contributed by atoms with Crippen molar-refractivity contribution in [3.05, 3.63) is 82.6 Å². The lowest BCUT2D eigenvalue weighted by molar-refractivity contribution is -0.135. The summed E-state index contributed by atoms with van der Waals surface area (Å²) in [6.07, 6.45) is 3.53. The van der Waals surface area contributed by atoms with Gasteiger partial charge in [0.05, 0.1) is 12.1 Å². The molecule has 5 nitrogen and oxygen atoms in total. The third kappa shape index (κ3) is 2.91. The Morgan fingerprint density at radius 3 is 2.44 bits per heavy atom. The molecule has 1 unspecified atom stereocenters. The van der Waals surface area contributed by atoms with Crippen molar-refractivity contribution in [3.8, 4) is 5.69 Å². The van der Waals surface area contributed by atoms with Crippen molar-refractivity contribution in [1.82, 2.24) is 4.57 Å². The molecule has 0 bridgehead atoms. The van der Waals surface area contributed by atoms with E-state index in [0.717, 1.165) is 10.2 Å². The first kappa shape index (κ1) is 17.7. The van der Waals surface area contributed by atoms with Crippen molar-refractivity contribution in [1.29, 1.82) is 0 Å². The number of hydrogen-bond donors (Lipinski definition) is 1. The van der Waals surface area contributed by atoms with Gasteiger partial charge in [-0.1, -0.05) is 15.9 Å². The van der Waals surface area contributed by atoms with E-state index in [1.54, 1.807) is 37.4 Å². The van der Waals surface area contributed by atoms with Crippen LogP contribution in [0, 0.1) is 0 Å². The normalized spacial score (nSPS) is 18.6. The number of Topliss-reactive ketones (excluding diaryl/α,β-unsaturated/α-hetero) is 1. The molecule has 1 N–H and O–H groups in total. The molecular formula is C21H17BrN2O3.